The van der Waals surface area contributed by atoms with Crippen LogP contribution in [0.5, 0.6) is 11.5 Å². The van der Waals surface area contributed by atoms with Crippen LogP contribution in [0.25, 0.3) is 0 Å². The number of benzene rings is 1. The quantitative estimate of drug-likeness (QED) is 0.779. The summed E-state index contributed by atoms with van der Waals surface area (Å²) in [6.45, 7) is 0.620. The number of carboxylic acids is 1. The van der Waals surface area contributed by atoms with E-state index in [2.05, 4.69) is 0 Å². The van der Waals surface area contributed by atoms with E-state index in [1.165, 1.54) is 0 Å². The van der Waals surface area contributed by atoms with E-state index < -0.39 is 17.9 Å². The zero-order chi connectivity index (χ0) is 11.7. The molecule has 1 aliphatic rings. The Morgan fingerprint density at radius 2 is 1.88 bits per heavy atom. The standard InChI is InChI=1S/C10H9FO5/c11-6-4-8-7(15-1-2-16-8)3-5(6)9(12)10(13)14/h3-4,9,12H,1-2H2,(H,13,14). The van der Waals surface area contributed by atoms with Crippen molar-refractivity contribution < 1.29 is 28.9 Å². The molecule has 5 nitrogen and oxygen atoms in total. The first-order valence-electron chi connectivity index (χ1n) is 4.59. The van der Waals surface area contributed by atoms with E-state index in [9.17, 15) is 14.3 Å². The van der Waals surface area contributed by atoms with Gasteiger partial charge in [-0.3, -0.25) is 0 Å². The van der Waals surface area contributed by atoms with Crippen LogP contribution in [0, 0.1) is 5.82 Å². The van der Waals surface area contributed by atoms with Gasteiger partial charge in [0.25, 0.3) is 0 Å². The van der Waals surface area contributed by atoms with Gasteiger partial charge in [-0.25, -0.2) is 9.18 Å². The third kappa shape index (κ3) is 1.79. The summed E-state index contributed by atoms with van der Waals surface area (Å²) in [6, 6.07) is 2.15. The summed E-state index contributed by atoms with van der Waals surface area (Å²) in [5.74, 6) is -1.90. The van der Waals surface area contributed by atoms with Gasteiger partial charge >= 0.3 is 5.97 Å². The molecule has 0 radical (unpaired) electrons. The van der Waals surface area contributed by atoms with Crippen LogP contribution in [0.2, 0.25) is 0 Å². The normalized spacial score (nSPS) is 15.6. The van der Waals surface area contributed by atoms with Crippen molar-refractivity contribution in [1.29, 1.82) is 0 Å². The van der Waals surface area contributed by atoms with Gasteiger partial charge in [0.05, 0.1) is 0 Å². The summed E-state index contributed by atoms with van der Waals surface area (Å²) in [5, 5.41) is 17.8. The van der Waals surface area contributed by atoms with E-state index in [-0.39, 0.29) is 17.1 Å². The monoisotopic (exact) mass is 228 g/mol. The molecule has 1 unspecified atom stereocenters. The Kier molecular flexibility index (Phi) is 2.66. The molecule has 0 saturated heterocycles. The average Bonchev–Trinajstić information content (AvgIpc) is 2.27. The van der Waals surface area contributed by atoms with Crippen molar-refractivity contribution in [1.82, 2.24) is 0 Å². The van der Waals surface area contributed by atoms with E-state index >= 15 is 0 Å². The van der Waals surface area contributed by atoms with E-state index in [1.54, 1.807) is 0 Å². The lowest BCUT2D eigenvalue weighted by Gasteiger charge is -2.20. The molecule has 16 heavy (non-hydrogen) atoms. The largest absolute Gasteiger partial charge is 0.486 e. The molecule has 6 heteroatoms. The first kappa shape index (κ1) is 10.7. The summed E-state index contributed by atoms with van der Waals surface area (Å²) < 4.78 is 23.7. The number of aliphatic carboxylic acids is 1. The van der Waals surface area contributed by atoms with E-state index in [4.69, 9.17) is 14.6 Å². The van der Waals surface area contributed by atoms with Crippen molar-refractivity contribution in [3.8, 4) is 11.5 Å². The van der Waals surface area contributed by atoms with Crippen molar-refractivity contribution >= 4 is 5.97 Å². The Hall–Kier alpha value is -1.82. The fraction of sp³-hybridized carbons (Fsp3) is 0.300. The third-order valence-corrected chi connectivity index (χ3v) is 2.19. The minimum atomic E-state index is -1.91. The number of halogens is 1. The van der Waals surface area contributed by atoms with Crippen LogP contribution >= 0.6 is 0 Å². The summed E-state index contributed by atoms with van der Waals surface area (Å²) in [6.07, 6.45) is -1.91. The number of aliphatic hydroxyl groups excluding tert-OH is 1. The van der Waals surface area contributed by atoms with E-state index in [0.717, 1.165) is 12.1 Å². The Bertz CT molecular complexity index is 431. The van der Waals surface area contributed by atoms with Gasteiger partial charge in [-0.2, -0.15) is 0 Å². The number of carboxylic acid groups (broad SMARTS) is 1. The van der Waals surface area contributed by atoms with Crippen LogP contribution in [-0.4, -0.2) is 29.4 Å². The smallest absolute Gasteiger partial charge is 0.337 e. The van der Waals surface area contributed by atoms with Crippen LogP contribution in [-0.2, 0) is 4.79 Å². The Labute approximate surface area is 90.0 Å². The van der Waals surface area contributed by atoms with E-state index in [1.807, 2.05) is 0 Å². The number of rotatable bonds is 2. The van der Waals surface area contributed by atoms with Gasteiger partial charge in [0.1, 0.15) is 19.0 Å². The van der Waals surface area contributed by atoms with Crippen molar-refractivity contribution in [3.63, 3.8) is 0 Å². The van der Waals surface area contributed by atoms with Crippen molar-refractivity contribution in [2.75, 3.05) is 13.2 Å². The molecule has 0 aromatic heterocycles. The van der Waals surface area contributed by atoms with Crippen LogP contribution in [0.3, 0.4) is 0 Å². The van der Waals surface area contributed by atoms with Gasteiger partial charge in [0.15, 0.2) is 17.6 Å². The lowest BCUT2D eigenvalue weighted by atomic mass is 10.1. The average molecular weight is 228 g/mol. The van der Waals surface area contributed by atoms with Crippen molar-refractivity contribution in [3.05, 3.63) is 23.5 Å². The number of fused-ring (bicyclic) bond motifs is 1. The number of carbonyl (C=O) groups is 1. The first-order chi connectivity index (χ1) is 7.59. The molecule has 0 spiro atoms. The van der Waals surface area contributed by atoms with Gasteiger partial charge < -0.3 is 19.7 Å². The minimum absolute atomic E-state index is 0.213. The van der Waals surface area contributed by atoms with Gasteiger partial charge in [0, 0.05) is 11.6 Å². The maximum Gasteiger partial charge on any atom is 0.337 e. The molecule has 0 fully saturated rings. The molecule has 86 valence electrons. The maximum atomic E-state index is 13.4. The highest BCUT2D eigenvalue weighted by Crippen LogP contribution is 2.34. The van der Waals surface area contributed by atoms with Gasteiger partial charge in [-0.05, 0) is 6.07 Å². The second-order valence-electron chi connectivity index (χ2n) is 3.26. The molecule has 1 aromatic carbocycles. The second-order valence-corrected chi connectivity index (χ2v) is 3.26. The second kappa shape index (κ2) is 3.97. The summed E-state index contributed by atoms with van der Waals surface area (Å²) >= 11 is 0. The molecule has 0 bridgehead atoms. The molecular weight excluding hydrogens is 219 g/mol. The minimum Gasteiger partial charge on any atom is -0.486 e. The summed E-state index contributed by atoms with van der Waals surface area (Å²) in [4.78, 5) is 10.5. The predicted molar refractivity (Wildman–Crippen MR) is 50.0 cm³/mol. The fourth-order valence-electron chi connectivity index (χ4n) is 1.42. The maximum absolute atomic E-state index is 13.4. The molecule has 0 saturated carbocycles. The highest BCUT2D eigenvalue weighted by atomic mass is 19.1. The topological polar surface area (TPSA) is 76.0 Å². The van der Waals surface area contributed by atoms with Crippen molar-refractivity contribution in [2.24, 2.45) is 0 Å². The number of aliphatic hydroxyl groups is 1. The Morgan fingerprint density at radius 3 is 2.44 bits per heavy atom. The Morgan fingerprint density at radius 1 is 1.31 bits per heavy atom. The third-order valence-electron chi connectivity index (χ3n) is 2.19. The zero-order valence-corrected chi connectivity index (χ0v) is 8.14. The first-order valence-corrected chi connectivity index (χ1v) is 4.59. The molecule has 0 aliphatic carbocycles. The lowest BCUT2D eigenvalue weighted by molar-refractivity contribution is -0.147. The summed E-state index contributed by atoms with van der Waals surface area (Å²) in [5.41, 5.74) is -0.336. The SMILES string of the molecule is O=C(O)C(O)c1cc2c(cc1F)OCCO2. The van der Waals surface area contributed by atoms with Gasteiger partial charge in [0.2, 0.25) is 0 Å². The van der Waals surface area contributed by atoms with E-state index in [0.29, 0.717) is 13.2 Å². The molecule has 0 amide bonds. The highest BCUT2D eigenvalue weighted by Gasteiger charge is 2.24. The summed E-state index contributed by atoms with van der Waals surface area (Å²) in [7, 11) is 0. The zero-order valence-electron chi connectivity index (χ0n) is 8.14. The van der Waals surface area contributed by atoms with Crippen LogP contribution in [0.15, 0.2) is 12.1 Å². The molecule has 2 N–H and O–H groups in total. The van der Waals surface area contributed by atoms with Crippen LogP contribution < -0.4 is 9.47 Å². The lowest BCUT2D eigenvalue weighted by Crippen LogP contribution is -2.18. The highest BCUT2D eigenvalue weighted by molar-refractivity contribution is 5.74. The number of hydrogen-bond donors (Lipinski definition) is 2. The molecule has 1 aromatic rings. The molecule has 1 atom stereocenters. The van der Waals surface area contributed by atoms with Crippen molar-refractivity contribution in [2.45, 2.75) is 6.10 Å². The van der Waals surface area contributed by atoms with Gasteiger partial charge in [-0.1, -0.05) is 0 Å². The van der Waals surface area contributed by atoms with Gasteiger partial charge in [-0.15, -0.1) is 0 Å². The van der Waals surface area contributed by atoms with Crippen LogP contribution in [0.1, 0.15) is 11.7 Å². The molecule has 1 aliphatic heterocycles. The van der Waals surface area contributed by atoms with Crippen LogP contribution in [0.4, 0.5) is 4.39 Å². The number of hydrogen-bond acceptors (Lipinski definition) is 4. The fourth-order valence-corrected chi connectivity index (χ4v) is 1.42. The number of ether oxygens (including phenoxy) is 2. The Balaban J connectivity index is 2.43. The molecule has 2 rings (SSSR count). The predicted octanol–water partition coefficient (Wildman–Crippen LogP) is 0.715. The molecular formula is C10H9FO5. The molecule has 1 heterocycles.